The van der Waals surface area contributed by atoms with Crippen molar-refractivity contribution >= 4 is 46.6 Å². The molecule has 31 heavy (non-hydrogen) atoms. The number of methoxy groups -OCH3 is 2. The van der Waals surface area contributed by atoms with Gasteiger partial charge in [-0.25, -0.2) is 0 Å². The van der Waals surface area contributed by atoms with E-state index in [1.165, 1.54) is 18.9 Å². The lowest BCUT2D eigenvalue weighted by molar-refractivity contribution is -0.113. The third-order valence-electron chi connectivity index (χ3n) is 4.24. The van der Waals surface area contributed by atoms with Crippen LogP contribution < -0.4 is 20.1 Å². The summed E-state index contributed by atoms with van der Waals surface area (Å²) >= 11 is 7.26. The van der Waals surface area contributed by atoms with Crippen molar-refractivity contribution in [3.05, 3.63) is 77.3 Å². The van der Waals surface area contributed by atoms with E-state index in [0.29, 0.717) is 38.4 Å². The van der Waals surface area contributed by atoms with E-state index >= 15 is 0 Å². The van der Waals surface area contributed by atoms with Crippen LogP contribution in [0, 0.1) is 0 Å². The summed E-state index contributed by atoms with van der Waals surface area (Å²) in [7, 11) is 3.08. The Balaban J connectivity index is 1.64. The number of hydrogen-bond donors (Lipinski definition) is 2. The van der Waals surface area contributed by atoms with E-state index in [2.05, 4.69) is 10.6 Å². The van der Waals surface area contributed by atoms with Crippen LogP contribution in [0.2, 0.25) is 5.02 Å². The molecule has 6 nitrogen and oxygen atoms in total. The van der Waals surface area contributed by atoms with Crippen LogP contribution in [0.3, 0.4) is 0 Å². The largest absolute Gasteiger partial charge is 0.493 e. The van der Waals surface area contributed by atoms with Gasteiger partial charge in [-0.2, -0.15) is 0 Å². The molecule has 160 valence electrons. The van der Waals surface area contributed by atoms with Crippen molar-refractivity contribution in [2.24, 2.45) is 0 Å². The van der Waals surface area contributed by atoms with Crippen molar-refractivity contribution in [3.63, 3.8) is 0 Å². The average molecular weight is 457 g/mol. The highest BCUT2D eigenvalue weighted by Gasteiger charge is 2.14. The summed E-state index contributed by atoms with van der Waals surface area (Å²) in [5.74, 6) is 0.758. The SMILES string of the molecule is COc1ccc(NC(=O)CSc2ccccc2C(=O)Nc2cccc(Cl)c2)cc1OC. The van der Waals surface area contributed by atoms with E-state index in [1.807, 2.05) is 6.07 Å². The number of ether oxygens (including phenoxy) is 2. The fourth-order valence-electron chi connectivity index (χ4n) is 2.80. The number of carbonyl (C=O) groups excluding carboxylic acids is 2. The van der Waals surface area contributed by atoms with Crippen LogP contribution in [0.5, 0.6) is 11.5 Å². The van der Waals surface area contributed by atoms with Crippen LogP contribution in [0.15, 0.2) is 71.6 Å². The van der Waals surface area contributed by atoms with Crippen molar-refractivity contribution in [2.45, 2.75) is 4.90 Å². The van der Waals surface area contributed by atoms with Crippen molar-refractivity contribution in [1.82, 2.24) is 0 Å². The molecule has 0 aliphatic carbocycles. The number of anilines is 2. The highest BCUT2D eigenvalue weighted by atomic mass is 35.5. The molecular formula is C23H21ClN2O4S. The number of rotatable bonds is 8. The standard InChI is InChI=1S/C23H21ClN2O4S/c1-29-19-11-10-17(13-20(19)30-2)25-22(27)14-31-21-9-4-3-8-18(21)23(28)26-16-7-5-6-15(24)12-16/h3-13H,14H2,1-2H3,(H,25,27)(H,26,28). The Morgan fingerprint density at radius 2 is 1.61 bits per heavy atom. The maximum Gasteiger partial charge on any atom is 0.256 e. The lowest BCUT2D eigenvalue weighted by Crippen LogP contribution is -2.16. The molecule has 0 spiro atoms. The van der Waals surface area contributed by atoms with Crippen LogP contribution in [-0.2, 0) is 4.79 Å². The molecule has 0 fully saturated rings. The number of thioether (sulfide) groups is 1. The number of benzene rings is 3. The third kappa shape index (κ3) is 6.16. The van der Waals surface area contributed by atoms with Gasteiger partial charge >= 0.3 is 0 Å². The molecule has 0 saturated heterocycles. The van der Waals surface area contributed by atoms with Gasteiger partial charge in [-0.3, -0.25) is 9.59 Å². The van der Waals surface area contributed by atoms with E-state index in [1.54, 1.807) is 67.8 Å². The van der Waals surface area contributed by atoms with E-state index in [4.69, 9.17) is 21.1 Å². The van der Waals surface area contributed by atoms with Gasteiger partial charge in [-0.05, 0) is 42.5 Å². The lowest BCUT2D eigenvalue weighted by atomic mass is 10.2. The topological polar surface area (TPSA) is 76.7 Å². The molecule has 3 rings (SSSR count). The molecule has 3 aromatic carbocycles. The first kappa shape index (κ1) is 22.5. The molecule has 0 radical (unpaired) electrons. The number of nitrogens with one attached hydrogen (secondary N) is 2. The molecule has 0 atom stereocenters. The number of hydrogen-bond acceptors (Lipinski definition) is 5. The van der Waals surface area contributed by atoms with E-state index < -0.39 is 0 Å². The molecular weight excluding hydrogens is 436 g/mol. The first-order valence-electron chi connectivity index (χ1n) is 9.31. The number of carbonyl (C=O) groups is 2. The fourth-order valence-corrected chi connectivity index (χ4v) is 3.84. The third-order valence-corrected chi connectivity index (χ3v) is 5.55. The second kappa shape index (κ2) is 10.7. The van der Waals surface area contributed by atoms with Crippen LogP contribution >= 0.6 is 23.4 Å². The summed E-state index contributed by atoms with van der Waals surface area (Å²) < 4.78 is 10.5. The Morgan fingerprint density at radius 3 is 2.35 bits per heavy atom. The number of amides is 2. The minimum absolute atomic E-state index is 0.135. The second-order valence-electron chi connectivity index (χ2n) is 6.37. The van der Waals surface area contributed by atoms with Crippen molar-refractivity contribution < 1.29 is 19.1 Å². The Bertz CT molecular complexity index is 1090. The molecule has 3 aromatic rings. The minimum Gasteiger partial charge on any atom is -0.493 e. The summed E-state index contributed by atoms with van der Waals surface area (Å²) in [5, 5.41) is 6.18. The van der Waals surface area contributed by atoms with Gasteiger partial charge in [-0.1, -0.05) is 29.8 Å². The highest BCUT2D eigenvalue weighted by Crippen LogP contribution is 2.30. The zero-order chi connectivity index (χ0) is 22.2. The van der Waals surface area contributed by atoms with Gasteiger partial charge in [-0.15, -0.1) is 11.8 Å². The normalized spacial score (nSPS) is 10.3. The summed E-state index contributed by atoms with van der Waals surface area (Å²) in [6, 6.07) is 19.2. The van der Waals surface area contributed by atoms with Gasteiger partial charge in [0.25, 0.3) is 5.91 Å². The minimum atomic E-state index is -0.273. The van der Waals surface area contributed by atoms with Gasteiger partial charge in [0.2, 0.25) is 5.91 Å². The quantitative estimate of drug-likeness (QED) is 0.447. The molecule has 8 heteroatoms. The molecule has 0 aliphatic rings. The summed E-state index contributed by atoms with van der Waals surface area (Å²) in [5.41, 5.74) is 1.67. The lowest BCUT2D eigenvalue weighted by Gasteiger charge is -2.12. The van der Waals surface area contributed by atoms with Gasteiger partial charge in [0.1, 0.15) is 0 Å². The number of halogens is 1. The molecule has 0 unspecified atom stereocenters. The Morgan fingerprint density at radius 1 is 0.871 bits per heavy atom. The first-order chi connectivity index (χ1) is 15.0. The van der Waals surface area contributed by atoms with Gasteiger partial charge < -0.3 is 20.1 Å². The average Bonchev–Trinajstić information content (AvgIpc) is 2.77. The fraction of sp³-hybridized carbons (Fsp3) is 0.130. The molecule has 0 heterocycles. The van der Waals surface area contributed by atoms with Crippen molar-refractivity contribution in [2.75, 3.05) is 30.6 Å². The summed E-state index contributed by atoms with van der Waals surface area (Å²) in [4.78, 5) is 25.8. The van der Waals surface area contributed by atoms with Gasteiger partial charge in [0.05, 0.1) is 25.5 Å². The Labute approximate surface area is 189 Å². The maximum absolute atomic E-state index is 12.7. The molecule has 2 amide bonds. The van der Waals surface area contributed by atoms with Crippen molar-refractivity contribution in [1.29, 1.82) is 0 Å². The molecule has 0 bridgehead atoms. The highest BCUT2D eigenvalue weighted by molar-refractivity contribution is 8.00. The van der Waals surface area contributed by atoms with Crippen molar-refractivity contribution in [3.8, 4) is 11.5 Å². The molecule has 0 aromatic heterocycles. The Hall–Kier alpha value is -3.16. The van der Waals surface area contributed by atoms with Crippen LogP contribution in [0.25, 0.3) is 0 Å². The first-order valence-corrected chi connectivity index (χ1v) is 10.7. The Kier molecular flexibility index (Phi) is 7.81. The monoisotopic (exact) mass is 456 g/mol. The zero-order valence-corrected chi connectivity index (χ0v) is 18.5. The van der Waals surface area contributed by atoms with E-state index in [9.17, 15) is 9.59 Å². The van der Waals surface area contributed by atoms with E-state index in [-0.39, 0.29) is 17.6 Å². The zero-order valence-electron chi connectivity index (χ0n) is 17.0. The molecule has 2 N–H and O–H groups in total. The van der Waals surface area contributed by atoms with Gasteiger partial charge in [0, 0.05) is 27.4 Å². The summed E-state index contributed by atoms with van der Waals surface area (Å²) in [6.45, 7) is 0. The van der Waals surface area contributed by atoms with Crippen LogP contribution in [0.4, 0.5) is 11.4 Å². The second-order valence-corrected chi connectivity index (χ2v) is 7.82. The van der Waals surface area contributed by atoms with Gasteiger partial charge in [0.15, 0.2) is 11.5 Å². The predicted octanol–water partition coefficient (Wildman–Crippen LogP) is 5.34. The van der Waals surface area contributed by atoms with E-state index in [0.717, 1.165) is 0 Å². The van der Waals surface area contributed by atoms with Crippen LogP contribution in [-0.4, -0.2) is 31.8 Å². The smallest absolute Gasteiger partial charge is 0.256 e. The molecule has 0 aliphatic heterocycles. The maximum atomic E-state index is 12.7. The summed E-state index contributed by atoms with van der Waals surface area (Å²) in [6.07, 6.45) is 0. The molecule has 0 saturated carbocycles. The van der Waals surface area contributed by atoms with Crippen LogP contribution in [0.1, 0.15) is 10.4 Å². The predicted molar refractivity (Wildman–Crippen MR) is 125 cm³/mol.